The molecule has 0 amide bonds. The molecule has 0 aliphatic rings. The Hall–Kier alpha value is -2.25. The van der Waals surface area contributed by atoms with E-state index in [9.17, 15) is 8.42 Å². The first-order chi connectivity index (χ1) is 11.4. The smallest absolute Gasteiger partial charge is 0.240 e. The Labute approximate surface area is 142 Å². The van der Waals surface area contributed by atoms with Crippen LogP contribution in [0.5, 0.6) is 0 Å². The van der Waals surface area contributed by atoms with Crippen LogP contribution in [0.2, 0.25) is 0 Å². The number of rotatable bonds is 7. The average Bonchev–Trinajstić information content (AvgIpc) is 2.56. The zero-order chi connectivity index (χ0) is 17.6. The molecule has 0 spiro atoms. The number of nitrogens with two attached hydrogens (primary N) is 1. The van der Waals surface area contributed by atoms with Crippen molar-refractivity contribution in [2.24, 2.45) is 4.99 Å². The monoisotopic (exact) mass is 346 g/mol. The molecular weight excluding hydrogens is 324 g/mol. The molecule has 0 unspecified atom stereocenters. The average molecular weight is 346 g/mol. The third-order valence-corrected chi connectivity index (χ3v) is 4.93. The van der Waals surface area contributed by atoms with Crippen LogP contribution in [-0.4, -0.2) is 32.2 Å². The van der Waals surface area contributed by atoms with Crippen molar-refractivity contribution in [1.82, 2.24) is 9.71 Å². The summed E-state index contributed by atoms with van der Waals surface area (Å²) in [7, 11) is -3.50. The number of aromatic nitrogens is 1. The zero-order valence-corrected chi connectivity index (χ0v) is 14.7. The van der Waals surface area contributed by atoms with E-state index in [4.69, 9.17) is 5.73 Å². The summed E-state index contributed by atoms with van der Waals surface area (Å²) in [5.41, 5.74) is 8.82. The van der Waals surface area contributed by atoms with Crippen LogP contribution in [-0.2, 0) is 10.0 Å². The number of pyridine rings is 1. The Kier molecular flexibility index (Phi) is 6.05. The predicted octanol–water partition coefficient (Wildman–Crippen LogP) is 2.15. The second kappa shape index (κ2) is 8.03. The Bertz CT molecular complexity index is 797. The second-order valence-electron chi connectivity index (χ2n) is 5.37. The molecule has 2 rings (SSSR count). The van der Waals surface area contributed by atoms with Crippen LogP contribution in [0.1, 0.15) is 24.6 Å². The maximum Gasteiger partial charge on any atom is 0.240 e. The summed E-state index contributed by atoms with van der Waals surface area (Å²) in [5, 5.41) is 0. The van der Waals surface area contributed by atoms with Crippen LogP contribution in [0, 0.1) is 6.92 Å². The molecule has 0 atom stereocenters. The topological polar surface area (TPSA) is 97.4 Å². The van der Waals surface area contributed by atoms with E-state index in [0.29, 0.717) is 18.7 Å². The van der Waals surface area contributed by atoms with Gasteiger partial charge in [0.1, 0.15) is 0 Å². The standard InChI is InChI=1S/C17H22N4O2S/c1-3-16(17-9-6-14(18)12-20-17)19-10-11-21-24(22,23)15-7-4-13(2)5-8-15/h4-9,12,21H,3,10-11,18H2,1-2H3/b19-16-. The van der Waals surface area contributed by atoms with E-state index in [2.05, 4.69) is 14.7 Å². The van der Waals surface area contributed by atoms with Crippen LogP contribution in [0.25, 0.3) is 0 Å². The zero-order valence-electron chi connectivity index (χ0n) is 13.9. The largest absolute Gasteiger partial charge is 0.397 e. The van der Waals surface area contributed by atoms with Gasteiger partial charge in [-0.1, -0.05) is 24.6 Å². The Balaban J connectivity index is 1.97. The van der Waals surface area contributed by atoms with Gasteiger partial charge >= 0.3 is 0 Å². The molecule has 1 aromatic carbocycles. The number of nitrogens with zero attached hydrogens (tertiary/aromatic N) is 2. The Morgan fingerprint density at radius 3 is 2.50 bits per heavy atom. The first-order valence-electron chi connectivity index (χ1n) is 7.74. The lowest BCUT2D eigenvalue weighted by molar-refractivity contribution is 0.582. The predicted molar refractivity (Wildman–Crippen MR) is 96.7 cm³/mol. The third-order valence-electron chi connectivity index (χ3n) is 3.45. The van der Waals surface area contributed by atoms with Gasteiger partial charge in [0.25, 0.3) is 0 Å². The highest BCUT2D eigenvalue weighted by atomic mass is 32.2. The SMILES string of the molecule is CC/C(=N/CCNS(=O)(=O)c1ccc(C)cc1)c1ccc(N)cn1. The molecule has 6 nitrogen and oxygen atoms in total. The van der Waals surface area contributed by atoms with E-state index in [1.54, 1.807) is 36.5 Å². The maximum atomic E-state index is 12.2. The maximum absolute atomic E-state index is 12.2. The van der Waals surface area contributed by atoms with Crippen LogP contribution in [0.15, 0.2) is 52.5 Å². The van der Waals surface area contributed by atoms with E-state index in [-0.39, 0.29) is 11.4 Å². The van der Waals surface area contributed by atoms with Gasteiger partial charge in [-0.15, -0.1) is 0 Å². The van der Waals surface area contributed by atoms with Crippen molar-refractivity contribution in [3.8, 4) is 0 Å². The molecule has 2 aromatic rings. The Morgan fingerprint density at radius 2 is 1.92 bits per heavy atom. The Morgan fingerprint density at radius 1 is 1.21 bits per heavy atom. The van der Waals surface area contributed by atoms with Gasteiger partial charge in [-0.2, -0.15) is 0 Å². The number of nitrogen functional groups attached to an aromatic ring is 1. The number of benzene rings is 1. The molecule has 1 aromatic heterocycles. The van der Waals surface area contributed by atoms with Gasteiger partial charge in [0.2, 0.25) is 10.0 Å². The quantitative estimate of drug-likeness (QED) is 0.593. The molecule has 0 fully saturated rings. The summed E-state index contributed by atoms with van der Waals surface area (Å²) in [6.07, 6.45) is 2.29. The number of hydrogen-bond acceptors (Lipinski definition) is 5. The van der Waals surface area contributed by atoms with Crippen molar-refractivity contribution in [2.45, 2.75) is 25.2 Å². The number of sulfonamides is 1. The normalized spacial score (nSPS) is 12.3. The molecule has 7 heteroatoms. The summed E-state index contributed by atoms with van der Waals surface area (Å²) >= 11 is 0. The molecular formula is C17H22N4O2S. The van der Waals surface area contributed by atoms with Crippen LogP contribution < -0.4 is 10.5 Å². The van der Waals surface area contributed by atoms with Crippen molar-refractivity contribution in [3.63, 3.8) is 0 Å². The summed E-state index contributed by atoms with van der Waals surface area (Å²) in [6, 6.07) is 10.3. The van der Waals surface area contributed by atoms with Crippen molar-refractivity contribution in [3.05, 3.63) is 53.9 Å². The number of hydrogen-bond donors (Lipinski definition) is 2. The van der Waals surface area contributed by atoms with Crippen LogP contribution >= 0.6 is 0 Å². The summed E-state index contributed by atoms with van der Waals surface area (Å²) in [6.45, 7) is 4.47. The number of nitrogens with one attached hydrogen (secondary N) is 1. The molecule has 0 radical (unpaired) electrons. The summed E-state index contributed by atoms with van der Waals surface area (Å²) in [5.74, 6) is 0. The van der Waals surface area contributed by atoms with E-state index in [1.807, 2.05) is 19.9 Å². The van der Waals surface area contributed by atoms with E-state index in [1.165, 1.54) is 0 Å². The van der Waals surface area contributed by atoms with Crippen LogP contribution in [0.3, 0.4) is 0 Å². The van der Waals surface area contributed by atoms with Crippen molar-refractivity contribution in [2.75, 3.05) is 18.8 Å². The molecule has 3 N–H and O–H groups in total. The lowest BCUT2D eigenvalue weighted by Crippen LogP contribution is -2.26. The van der Waals surface area contributed by atoms with Gasteiger partial charge in [0, 0.05) is 6.54 Å². The van der Waals surface area contributed by atoms with Gasteiger partial charge in [-0.05, 0) is 37.6 Å². The van der Waals surface area contributed by atoms with Gasteiger partial charge in [0.05, 0.1) is 34.7 Å². The van der Waals surface area contributed by atoms with Gasteiger partial charge < -0.3 is 5.73 Å². The first kappa shape index (κ1) is 18.1. The van der Waals surface area contributed by atoms with Crippen molar-refractivity contribution >= 4 is 21.4 Å². The van der Waals surface area contributed by atoms with Crippen LogP contribution in [0.4, 0.5) is 5.69 Å². The lowest BCUT2D eigenvalue weighted by Gasteiger charge is -2.07. The fourth-order valence-electron chi connectivity index (χ4n) is 2.12. The highest BCUT2D eigenvalue weighted by molar-refractivity contribution is 7.89. The fourth-order valence-corrected chi connectivity index (χ4v) is 3.14. The molecule has 1 heterocycles. The van der Waals surface area contributed by atoms with E-state index < -0.39 is 10.0 Å². The minimum atomic E-state index is -3.50. The highest BCUT2D eigenvalue weighted by Crippen LogP contribution is 2.09. The molecule has 0 aliphatic heterocycles. The lowest BCUT2D eigenvalue weighted by atomic mass is 10.2. The van der Waals surface area contributed by atoms with Gasteiger partial charge in [-0.25, -0.2) is 13.1 Å². The number of aliphatic imine (C=N–C) groups is 1. The van der Waals surface area contributed by atoms with Crippen molar-refractivity contribution < 1.29 is 8.42 Å². The molecule has 0 aliphatic carbocycles. The minimum Gasteiger partial charge on any atom is -0.397 e. The summed E-state index contributed by atoms with van der Waals surface area (Å²) in [4.78, 5) is 8.94. The molecule has 0 bridgehead atoms. The van der Waals surface area contributed by atoms with E-state index in [0.717, 1.165) is 17.0 Å². The van der Waals surface area contributed by atoms with Gasteiger partial charge in [0.15, 0.2) is 0 Å². The second-order valence-corrected chi connectivity index (χ2v) is 7.14. The first-order valence-corrected chi connectivity index (χ1v) is 9.22. The number of anilines is 1. The molecule has 0 saturated heterocycles. The van der Waals surface area contributed by atoms with E-state index >= 15 is 0 Å². The highest BCUT2D eigenvalue weighted by Gasteiger charge is 2.12. The molecule has 0 saturated carbocycles. The number of aryl methyl sites for hydroxylation is 1. The fraction of sp³-hybridized carbons (Fsp3) is 0.294. The summed E-state index contributed by atoms with van der Waals surface area (Å²) < 4.78 is 26.9. The molecule has 128 valence electrons. The van der Waals surface area contributed by atoms with Gasteiger partial charge in [-0.3, -0.25) is 9.98 Å². The molecule has 24 heavy (non-hydrogen) atoms. The van der Waals surface area contributed by atoms with Crippen molar-refractivity contribution in [1.29, 1.82) is 0 Å². The minimum absolute atomic E-state index is 0.231. The third kappa shape index (κ3) is 4.87.